The quantitative estimate of drug-likeness (QED) is 0.818. The number of para-hydroxylation sites is 1. The molecule has 0 saturated carbocycles. The van der Waals surface area contributed by atoms with Gasteiger partial charge in [0.05, 0.1) is 21.5 Å². The van der Waals surface area contributed by atoms with Crippen molar-refractivity contribution in [3.63, 3.8) is 0 Å². The summed E-state index contributed by atoms with van der Waals surface area (Å²) >= 11 is 1.50. The summed E-state index contributed by atoms with van der Waals surface area (Å²) in [5.41, 5.74) is 2.59. The maximum atomic E-state index is 13.0. The fraction of sp³-hybridized carbons (Fsp3) is 0.0952. The molecule has 0 amide bonds. The first-order valence-corrected chi connectivity index (χ1v) is 11.1. The van der Waals surface area contributed by atoms with Gasteiger partial charge in [-0.1, -0.05) is 72.0 Å². The Bertz CT molecular complexity index is 1090. The van der Waals surface area contributed by atoms with Crippen LogP contribution in [0.5, 0.6) is 0 Å². The Hall–Kier alpha value is -2.61. The van der Waals surface area contributed by atoms with E-state index in [-0.39, 0.29) is 10.1 Å². The number of aliphatic imine (C=N–C) groups is 1. The minimum atomic E-state index is -3.76. The summed E-state index contributed by atoms with van der Waals surface area (Å²) in [6.07, 6.45) is 9.71. The van der Waals surface area contributed by atoms with Crippen LogP contribution in [0.2, 0.25) is 0 Å². The van der Waals surface area contributed by atoms with Crippen molar-refractivity contribution in [2.24, 2.45) is 4.99 Å². The molecule has 0 aromatic heterocycles. The van der Waals surface area contributed by atoms with E-state index in [4.69, 9.17) is 0 Å². The van der Waals surface area contributed by atoms with Crippen molar-refractivity contribution in [1.82, 2.24) is 9.84 Å². The van der Waals surface area contributed by atoms with Crippen molar-refractivity contribution in [2.75, 3.05) is 0 Å². The normalized spacial score (nSPS) is 20.2. The summed E-state index contributed by atoms with van der Waals surface area (Å²) in [5, 5.41) is 2.13. The van der Waals surface area contributed by atoms with Gasteiger partial charge in [0.15, 0.2) is 5.17 Å². The van der Waals surface area contributed by atoms with Crippen LogP contribution in [0.1, 0.15) is 5.56 Å². The lowest BCUT2D eigenvalue weighted by Gasteiger charge is -2.21. The molecule has 1 atom stereocenters. The van der Waals surface area contributed by atoms with Gasteiger partial charge in [0.1, 0.15) is 0 Å². The number of hydrazine groups is 1. The lowest BCUT2D eigenvalue weighted by Crippen LogP contribution is -2.42. The number of nitrogens with one attached hydrogen (secondary N) is 1. The number of thioether (sulfide) groups is 1. The molecule has 1 heterocycles. The first kappa shape index (κ1) is 18.7. The average molecular weight is 410 g/mol. The van der Waals surface area contributed by atoms with Gasteiger partial charge in [-0.25, -0.2) is 18.4 Å². The molecule has 1 saturated heterocycles. The lowest BCUT2D eigenvalue weighted by atomic mass is 10.2. The van der Waals surface area contributed by atoms with Crippen LogP contribution < -0.4 is 4.83 Å². The van der Waals surface area contributed by atoms with Gasteiger partial charge < -0.3 is 0 Å². The number of amidine groups is 1. The van der Waals surface area contributed by atoms with E-state index in [1.807, 2.05) is 67.6 Å². The molecule has 2 aromatic carbocycles. The Morgan fingerprint density at radius 3 is 2.50 bits per heavy atom. The minimum absolute atomic E-state index is 0.0156. The predicted octanol–water partition coefficient (Wildman–Crippen LogP) is 4.30. The van der Waals surface area contributed by atoms with Gasteiger partial charge in [-0.3, -0.25) is 0 Å². The van der Waals surface area contributed by atoms with Crippen LogP contribution in [0.25, 0.3) is 0 Å². The van der Waals surface area contributed by atoms with E-state index in [0.29, 0.717) is 5.17 Å². The molecule has 1 aliphatic heterocycles. The Balaban J connectivity index is 1.72. The Kier molecular flexibility index (Phi) is 5.21. The Morgan fingerprint density at radius 1 is 1.00 bits per heavy atom. The molecule has 0 spiro atoms. The monoisotopic (exact) mass is 409 g/mol. The number of aryl methyl sites for hydroxylation is 1. The van der Waals surface area contributed by atoms with Gasteiger partial charge in [-0.2, -0.15) is 0 Å². The summed E-state index contributed by atoms with van der Waals surface area (Å²) in [6.45, 7) is 1.92. The summed E-state index contributed by atoms with van der Waals surface area (Å²) in [6, 6.07) is 16.3. The third-order valence-electron chi connectivity index (χ3n) is 4.27. The Morgan fingerprint density at radius 2 is 1.75 bits per heavy atom. The number of rotatable bonds is 4. The minimum Gasteiger partial charge on any atom is -0.243 e. The molecule has 1 aliphatic carbocycles. The second-order valence-electron chi connectivity index (χ2n) is 6.37. The fourth-order valence-corrected chi connectivity index (χ4v) is 5.03. The highest BCUT2D eigenvalue weighted by Gasteiger charge is 2.36. The molecule has 0 bridgehead atoms. The average Bonchev–Trinajstić information content (AvgIpc) is 2.85. The van der Waals surface area contributed by atoms with Crippen LogP contribution in [0, 0.1) is 6.92 Å². The topological polar surface area (TPSA) is 61.8 Å². The molecule has 1 unspecified atom stereocenters. The van der Waals surface area contributed by atoms with Crippen LogP contribution in [0.3, 0.4) is 0 Å². The number of sulfonamides is 1. The van der Waals surface area contributed by atoms with Gasteiger partial charge in [-0.15, -0.1) is 4.83 Å². The van der Waals surface area contributed by atoms with Crippen LogP contribution in [0.15, 0.2) is 101 Å². The number of hydrogen-bond donors (Lipinski definition) is 1. The number of fused-ring (bicyclic) bond motifs is 1. The zero-order valence-corrected chi connectivity index (χ0v) is 16.8. The summed E-state index contributed by atoms with van der Waals surface area (Å²) in [5.74, 6) is 0. The Labute approximate surface area is 169 Å². The van der Waals surface area contributed by atoms with E-state index >= 15 is 0 Å². The smallest absolute Gasteiger partial charge is 0.243 e. The highest BCUT2D eigenvalue weighted by molar-refractivity contribution is 8.15. The molecule has 2 aliphatic rings. The summed E-state index contributed by atoms with van der Waals surface area (Å²) in [4.78, 5) is 7.59. The third kappa shape index (κ3) is 3.96. The SMILES string of the molecule is Cc1ccc(S(=O)(=O)NN2C3=CC=CC=CC3SC2=Nc2ccccc2)cc1. The van der Waals surface area contributed by atoms with Crippen molar-refractivity contribution >= 4 is 32.6 Å². The molecule has 7 heteroatoms. The molecule has 5 nitrogen and oxygen atoms in total. The molecule has 0 radical (unpaired) electrons. The van der Waals surface area contributed by atoms with E-state index in [2.05, 4.69) is 9.82 Å². The van der Waals surface area contributed by atoms with Gasteiger partial charge in [0, 0.05) is 0 Å². The molecular weight excluding hydrogens is 390 g/mol. The molecule has 28 heavy (non-hydrogen) atoms. The maximum Gasteiger partial charge on any atom is 0.257 e. The highest BCUT2D eigenvalue weighted by Crippen LogP contribution is 2.37. The van der Waals surface area contributed by atoms with Crippen molar-refractivity contribution in [3.8, 4) is 0 Å². The predicted molar refractivity (Wildman–Crippen MR) is 115 cm³/mol. The second kappa shape index (κ2) is 7.79. The van der Waals surface area contributed by atoms with Crippen molar-refractivity contribution < 1.29 is 8.42 Å². The number of nitrogens with zero attached hydrogens (tertiary/aromatic N) is 2. The third-order valence-corrected chi connectivity index (χ3v) is 6.73. The molecule has 1 N–H and O–H groups in total. The van der Waals surface area contributed by atoms with Crippen LogP contribution in [0.4, 0.5) is 5.69 Å². The van der Waals surface area contributed by atoms with Crippen LogP contribution in [-0.2, 0) is 10.0 Å². The van der Waals surface area contributed by atoms with Crippen molar-refractivity contribution in [2.45, 2.75) is 17.1 Å². The van der Waals surface area contributed by atoms with Gasteiger partial charge in [-0.05, 0) is 37.3 Å². The highest BCUT2D eigenvalue weighted by atomic mass is 32.2. The number of benzene rings is 2. The molecule has 2 aromatic rings. The molecule has 4 rings (SSSR count). The van der Waals surface area contributed by atoms with Gasteiger partial charge >= 0.3 is 0 Å². The maximum absolute atomic E-state index is 13.0. The van der Waals surface area contributed by atoms with E-state index in [0.717, 1.165) is 16.9 Å². The summed E-state index contributed by atoms with van der Waals surface area (Å²) < 4.78 is 26.0. The lowest BCUT2D eigenvalue weighted by molar-refractivity contribution is 0.462. The number of hydrogen-bond acceptors (Lipinski definition) is 4. The van der Waals surface area contributed by atoms with E-state index in [1.54, 1.807) is 29.3 Å². The molecule has 1 fully saturated rings. The van der Waals surface area contributed by atoms with E-state index in [9.17, 15) is 8.42 Å². The standard InChI is InChI=1S/C21H19N3O2S2/c1-16-12-14-18(15-13-16)28(25,26)23-24-19-10-6-3-7-11-20(19)27-21(24)22-17-8-4-2-5-9-17/h2-15,20,23H,1H3. The van der Waals surface area contributed by atoms with Crippen LogP contribution in [-0.4, -0.2) is 23.8 Å². The van der Waals surface area contributed by atoms with Crippen LogP contribution >= 0.6 is 11.8 Å². The molecule has 142 valence electrons. The second-order valence-corrected chi connectivity index (χ2v) is 9.14. The number of allylic oxidation sites excluding steroid dienone is 4. The molecular formula is C21H19N3O2S2. The van der Waals surface area contributed by atoms with Crippen molar-refractivity contribution in [3.05, 3.63) is 96.2 Å². The zero-order valence-electron chi connectivity index (χ0n) is 15.2. The zero-order chi connectivity index (χ0) is 19.6. The van der Waals surface area contributed by atoms with Gasteiger partial charge in [0.25, 0.3) is 10.0 Å². The first-order valence-electron chi connectivity index (χ1n) is 8.78. The van der Waals surface area contributed by atoms with Gasteiger partial charge in [0.2, 0.25) is 0 Å². The first-order chi connectivity index (χ1) is 13.5. The van der Waals surface area contributed by atoms with Crippen molar-refractivity contribution in [1.29, 1.82) is 0 Å². The summed E-state index contributed by atoms with van der Waals surface area (Å²) in [7, 11) is -3.76. The van der Waals surface area contributed by atoms with E-state index in [1.165, 1.54) is 11.8 Å². The largest absolute Gasteiger partial charge is 0.257 e. The van der Waals surface area contributed by atoms with E-state index < -0.39 is 10.0 Å². The fourth-order valence-electron chi connectivity index (χ4n) is 2.83.